The van der Waals surface area contributed by atoms with Crippen molar-refractivity contribution in [3.63, 3.8) is 0 Å². The molecule has 0 atom stereocenters. The average molecular weight is 522 g/mol. The van der Waals surface area contributed by atoms with Crippen LogP contribution in [0.1, 0.15) is 5.56 Å². The number of aliphatic imine (C=N–C) groups is 1. The first kappa shape index (κ1) is 23.8. The summed E-state index contributed by atoms with van der Waals surface area (Å²) < 4.78 is 0. The number of nitrogens with zero attached hydrogens (tertiary/aromatic N) is 1. The summed E-state index contributed by atoms with van der Waals surface area (Å²) in [6, 6.07) is 51.7. The molecule has 0 aromatic heterocycles. The molecule has 3 heteroatoms. The minimum absolute atomic E-state index is 0. The van der Waals surface area contributed by atoms with Crippen molar-refractivity contribution in [2.75, 3.05) is 0 Å². The lowest BCUT2D eigenvalue weighted by Gasteiger charge is -2.28. The van der Waals surface area contributed by atoms with E-state index in [1.54, 1.807) is 0 Å². The fourth-order valence-corrected chi connectivity index (χ4v) is 8.80. The molecule has 0 aliphatic carbocycles. The van der Waals surface area contributed by atoms with Gasteiger partial charge in [0.15, 0.2) is 0 Å². The summed E-state index contributed by atoms with van der Waals surface area (Å²) in [5.41, 5.74) is 2.10. The Hall–Kier alpha value is -3.32. The number of hydrogen-bond acceptors (Lipinski definition) is 1. The molecule has 0 fully saturated rings. The fourth-order valence-electron chi connectivity index (χ4n) is 4.38. The van der Waals surface area contributed by atoms with Crippen LogP contribution in [0.5, 0.6) is 0 Å². The average Bonchev–Trinajstić information content (AvgIpc) is 2.91. The quantitative estimate of drug-likeness (QED) is 0.240. The van der Waals surface area contributed by atoms with E-state index in [0.29, 0.717) is 0 Å². The number of halogens is 1. The van der Waals surface area contributed by atoms with Gasteiger partial charge in [-0.05, 0) is 60.7 Å². The summed E-state index contributed by atoms with van der Waals surface area (Å²) in [4.78, 5) is 4.82. The molecule has 0 bridgehead atoms. The molecule has 0 amide bonds. The van der Waals surface area contributed by atoms with Gasteiger partial charge in [-0.2, -0.15) is 0 Å². The zero-order valence-electron chi connectivity index (χ0n) is 18.7. The summed E-state index contributed by atoms with van der Waals surface area (Å²) in [5.74, 6) is 0. The van der Waals surface area contributed by atoms with Crippen LogP contribution in [-0.2, 0) is 0 Å². The summed E-state index contributed by atoms with van der Waals surface area (Å²) in [7, 11) is -2.16. The van der Waals surface area contributed by atoms with Crippen LogP contribution in [0.25, 0.3) is 0 Å². The molecule has 5 rings (SSSR count). The standard InChI is InChI=1S/C31H25NP.BrH/c1-5-16-27(17-6-1)32-25-26-15-13-14-24-31(26)33(28-18-7-2-8-19-28,29-20-9-3-10-21-29)30-22-11-4-12-23-30;/h1-25H;1H/q+1;/p-1. The van der Waals surface area contributed by atoms with E-state index in [-0.39, 0.29) is 17.0 Å². The minimum atomic E-state index is -2.16. The Labute approximate surface area is 213 Å². The number of benzene rings is 5. The first-order chi connectivity index (χ1) is 16.4. The predicted octanol–water partition coefficient (Wildman–Crippen LogP) is 3.06. The molecule has 166 valence electrons. The molecule has 0 heterocycles. The smallest absolute Gasteiger partial charge is 0.145 e. The third-order valence-electron chi connectivity index (χ3n) is 5.84. The van der Waals surface area contributed by atoms with Gasteiger partial charge in [0.2, 0.25) is 0 Å². The van der Waals surface area contributed by atoms with Crippen LogP contribution in [0.2, 0.25) is 0 Å². The van der Waals surface area contributed by atoms with Crippen molar-refractivity contribution in [3.05, 3.63) is 151 Å². The van der Waals surface area contributed by atoms with Gasteiger partial charge in [-0.3, -0.25) is 4.99 Å². The lowest BCUT2D eigenvalue weighted by molar-refractivity contribution is -0.00000627. The van der Waals surface area contributed by atoms with Gasteiger partial charge < -0.3 is 17.0 Å². The summed E-state index contributed by atoms with van der Waals surface area (Å²) in [6.07, 6.45) is 2.02. The predicted molar refractivity (Wildman–Crippen MR) is 145 cm³/mol. The molecule has 34 heavy (non-hydrogen) atoms. The maximum atomic E-state index is 4.82. The maximum Gasteiger partial charge on any atom is 0.145 e. The highest BCUT2D eigenvalue weighted by molar-refractivity contribution is 8.01. The largest absolute Gasteiger partial charge is 1.00 e. The Bertz CT molecular complexity index is 1240. The number of hydrogen-bond donors (Lipinski definition) is 0. The van der Waals surface area contributed by atoms with Crippen LogP contribution >= 0.6 is 7.26 Å². The van der Waals surface area contributed by atoms with Crippen LogP contribution in [0.4, 0.5) is 5.69 Å². The molecule has 0 N–H and O–H groups in total. The lowest BCUT2D eigenvalue weighted by Crippen LogP contribution is -3.00. The van der Waals surface area contributed by atoms with E-state index >= 15 is 0 Å². The third-order valence-corrected chi connectivity index (χ3v) is 10.2. The molecule has 5 aromatic carbocycles. The van der Waals surface area contributed by atoms with Crippen LogP contribution in [0.15, 0.2) is 151 Å². The molecule has 5 aromatic rings. The number of rotatable bonds is 6. The zero-order chi connectivity index (χ0) is 22.3. The van der Waals surface area contributed by atoms with Crippen LogP contribution in [0, 0.1) is 0 Å². The first-order valence-corrected chi connectivity index (χ1v) is 12.9. The monoisotopic (exact) mass is 521 g/mol. The minimum Gasteiger partial charge on any atom is -1.00 e. The Morgan fingerprint density at radius 1 is 0.441 bits per heavy atom. The zero-order valence-corrected chi connectivity index (χ0v) is 21.2. The Kier molecular flexibility index (Phi) is 7.85. The van der Waals surface area contributed by atoms with Crippen LogP contribution in [-0.4, -0.2) is 6.21 Å². The highest BCUT2D eigenvalue weighted by atomic mass is 79.9. The third kappa shape index (κ3) is 4.66. The highest BCUT2D eigenvalue weighted by Crippen LogP contribution is 2.54. The Balaban J connectivity index is 0.00000274. The topological polar surface area (TPSA) is 12.4 Å². The number of para-hydroxylation sites is 1. The van der Waals surface area contributed by atoms with Gasteiger partial charge in [-0.1, -0.05) is 84.9 Å². The highest BCUT2D eigenvalue weighted by Gasteiger charge is 2.48. The first-order valence-electron chi connectivity index (χ1n) is 11.1. The Morgan fingerprint density at radius 2 is 0.824 bits per heavy atom. The van der Waals surface area contributed by atoms with Crippen molar-refractivity contribution in [2.24, 2.45) is 4.99 Å². The molecule has 0 spiro atoms. The van der Waals surface area contributed by atoms with Crippen molar-refractivity contribution >= 4 is 40.4 Å². The van der Waals surface area contributed by atoms with Gasteiger partial charge in [0.25, 0.3) is 0 Å². The lowest BCUT2D eigenvalue weighted by atomic mass is 10.2. The van der Waals surface area contributed by atoms with E-state index in [1.165, 1.54) is 21.2 Å². The summed E-state index contributed by atoms with van der Waals surface area (Å²) >= 11 is 0. The second-order valence-electron chi connectivity index (χ2n) is 7.83. The van der Waals surface area contributed by atoms with Crippen molar-refractivity contribution < 1.29 is 17.0 Å². The summed E-state index contributed by atoms with van der Waals surface area (Å²) in [6.45, 7) is 0. The second-order valence-corrected chi connectivity index (χ2v) is 11.2. The normalized spacial score (nSPS) is 11.2. The summed E-state index contributed by atoms with van der Waals surface area (Å²) in [5, 5.41) is 5.32. The van der Waals surface area contributed by atoms with E-state index < -0.39 is 7.26 Å². The van der Waals surface area contributed by atoms with Crippen molar-refractivity contribution in [1.82, 2.24) is 0 Å². The molecule has 0 aliphatic heterocycles. The molecule has 1 nitrogen and oxygen atoms in total. The van der Waals surface area contributed by atoms with E-state index in [9.17, 15) is 0 Å². The molecular formula is C31H25BrNP. The van der Waals surface area contributed by atoms with E-state index in [2.05, 4.69) is 115 Å². The van der Waals surface area contributed by atoms with Crippen molar-refractivity contribution in [1.29, 1.82) is 0 Å². The van der Waals surface area contributed by atoms with Gasteiger partial charge >= 0.3 is 0 Å². The molecule has 0 unspecified atom stereocenters. The fraction of sp³-hybridized carbons (Fsp3) is 0. The van der Waals surface area contributed by atoms with Gasteiger partial charge in [0.1, 0.15) is 28.5 Å². The van der Waals surface area contributed by atoms with Crippen molar-refractivity contribution in [2.45, 2.75) is 0 Å². The maximum absolute atomic E-state index is 4.82. The Morgan fingerprint density at radius 3 is 1.29 bits per heavy atom. The van der Waals surface area contributed by atoms with Gasteiger partial charge in [-0.15, -0.1) is 0 Å². The van der Waals surface area contributed by atoms with Gasteiger partial charge in [-0.25, -0.2) is 0 Å². The van der Waals surface area contributed by atoms with Gasteiger partial charge in [0, 0.05) is 11.8 Å². The molecule has 0 saturated carbocycles. The molecule has 0 saturated heterocycles. The molecule has 0 aliphatic rings. The van der Waals surface area contributed by atoms with Crippen LogP contribution in [0.3, 0.4) is 0 Å². The van der Waals surface area contributed by atoms with Crippen molar-refractivity contribution in [3.8, 4) is 0 Å². The molecule has 0 radical (unpaired) electrons. The van der Waals surface area contributed by atoms with E-state index in [0.717, 1.165) is 11.3 Å². The van der Waals surface area contributed by atoms with Gasteiger partial charge in [0.05, 0.1) is 5.69 Å². The second kappa shape index (κ2) is 11.2. The van der Waals surface area contributed by atoms with E-state index in [1.807, 2.05) is 36.5 Å². The SMILES string of the molecule is C(=Nc1ccccc1)c1ccccc1[P+](c1ccccc1)(c1ccccc1)c1ccccc1.[Br-]. The molecular weight excluding hydrogens is 497 g/mol. The van der Waals surface area contributed by atoms with Crippen LogP contribution < -0.4 is 38.2 Å². The van der Waals surface area contributed by atoms with E-state index in [4.69, 9.17) is 4.99 Å².